The predicted octanol–water partition coefficient (Wildman–Crippen LogP) is 0.396. The Kier molecular flexibility index (Phi) is 1.80. The topological polar surface area (TPSA) is 0 Å². The lowest BCUT2D eigenvalue weighted by molar-refractivity contribution is 1.08. The minimum absolute atomic E-state index is 1.20. The van der Waals surface area contributed by atoms with Crippen LogP contribution in [0.25, 0.3) is 24.3 Å². The number of hydrogen-bond acceptors (Lipinski definition) is 0. The second-order valence-corrected chi connectivity index (χ2v) is 4.04. The molecule has 3 rings (SSSR count). The summed E-state index contributed by atoms with van der Waals surface area (Å²) < 4.78 is 0. The molecule has 0 heterocycles. The molecule has 14 heavy (non-hydrogen) atoms. The maximum atomic E-state index is 2.39. The van der Waals surface area contributed by atoms with E-state index in [9.17, 15) is 0 Å². The van der Waals surface area contributed by atoms with Crippen molar-refractivity contribution in [2.24, 2.45) is 0 Å². The Morgan fingerprint density at radius 1 is 0.571 bits per heavy atom. The van der Waals surface area contributed by atoms with Gasteiger partial charge in [-0.2, -0.15) is 0 Å². The van der Waals surface area contributed by atoms with Crippen molar-refractivity contribution in [2.45, 2.75) is 25.7 Å². The van der Waals surface area contributed by atoms with Gasteiger partial charge in [-0.15, -0.1) is 0 Å². The van der Waals surface area contributed by atoms with Crippen molar-refractivity contribution >= 4 is 24.3 Å². The molecule has 0 atom stereocenters. The highest BCUT2D eigenvalue weighted by Gasteiger charge is 1.98. The van der Waals surface area contributed by atoms with Crippen molar-refractivity contribution in [3.8, 4) is 0 Å². The molecule has 2 aliphatic rings. The highest BCUT2D eigenvalue weighted by Crippen LogP contribution is 1.95. The SMILES string of the molecule is C1=c2ccc3c(c2=CCC1)=CCCC=3. The third-order valence-electron chi connectivity index (χ3n) is 3.11. The van der Waals surface area contributed by atoms with Crippen molar-refractivity contribution < 1.29 is 0 Å². The van der Waals surface area contributed by atoms with Gasteiger partial charge in [0.15, 0.2) is 0 Å². The van der Waals surface area contributed by atoms with Crippen LogP contribution >= 0.6 is 0 Å². The number of benzene rings is 1. The zero-order chi connectivity index (χ0) is 9.38. The number of hydrogen-bond donors (Lipinski definition) is 0. The quantitative estimate of drug-likeness (QED) is 0.545. The molecular formula is C14H14. The van der Waals surface area contributed by atoms with Gasteiger partial charge in [0.1, 0.15) is 0 Å². The Morgan fingerprint density at radius 3 is 1.50 bits per heavy atom. The molecular weight excluding hydrogens is 168 g/mol. The molecule has 0 saturated carbocycles. The highest BCUT2D eigenvalue weighted by atomic mass is 14.0. The van der Waals surface area contributed by atoms with Crippen molar-refractivity contribution in [3.05, 3.63) is 33.0 Å². The monoisotopic (exact) mass is 182 g/mol. The summed E-state index contributed by atoms with van der Waals surface area (Å²) in [6.07, 6.45) is 14.3. The van der Waals surface area contributed by atoms with Crippen molar-refractivity contribution in [2.75, 3.05) is 0 Å². The molecule has 0 spiro atoms. The van der Waals surface area contributed by atoms with Crippen LogP contribution in [0.1, 0.15) is 25.7 Å². The van der Waals surface area contributed by atoms with Gasteiger partial charge in [-0.1, -0.05) is 36.4 Å². The van der Waals surface area contributed by atoms with E-state index >= 15 is 0 Å². The Morgan fingerprint density at radius 2 is 1.00 bits per heavy atom. The van der Waals surface area contributed by atoms with Gasteiger partial charge in [0, 0.05) is 0 Å². The zero-order valence-electron chi connectivity index (χ0n) is 8.29. The first kappa shape index (κ1) is 8.05. The Bertz CT molecular complexity index is 533. The fourth-order valence-electron chi connectivity index (χ4n) is 2.41. The molecule has 0 saturated heterocycles. The van der Waals surface area contributed by atoms with Crippen molar-refractivity contribution in [3.63, 3.8) is 0 Å². The van der Waals surface area contributed by atoms with Gasteiger partial charge in [0.25, 0.3) is 0 Å². The molecule has 0 nitrogen and oxygen atoms in total. The molecule has 0 N–H and O–H groups in total. The molecule has 0 fully saturated rings. The maximum absolute atomic E-state index is 2.39. The minimum Gasteiger partial charge on any atom is -0.0763 e. The lowest BCUT2D eigenvalue weighted by atomic mass is 10.0. The first-order chi connectivity index (χ1) is 6.95. The van der Waals surface area contributed by atoms with Crippen LogP contribution in [0.15, 0.2) is 12.1 Å². The van der Waals surface area contributed by atoms with Crippen molar-refractivity contribution in [1.29, 1.82) is 0 Å². The second-order valence-electron chi connectivity index (χ2n) is 4.04. The molecule has 0 bridgehead atoms. The first-order valence-electron chi connectivity index (χ1n) is 5.45. The summed E-state index contributed by atoms with van der Waals surface area (Å²) in [7, 11) is 0. The van der Waals surface area contributed by atoms with E-state index in [1.165, 1.54) is 46.6 Å². The Labute approximate surface area is 83.6 Å². The van der Waals surface area contributed by atoms with Gasteiger partial charge in [-0.3, -0.25) is 0 Å². The van der Waals surface area contributed by atoms with E-state index in [4.69, 9.17) is 0 Å². The molecule has 2 aliphatic carbocycles. The van der Waals surface area contributed by atoms with Crippen LogP contribution in [0.2, 0.25) is 0 Å². The number of fused-ring (bicyclic) bond motifs is 3. The van der Waals surface area contributed by atoms with Gasteiger partial charge < -0.3 is 0 Å². The lowest BCUT2D eigenvalue weighted by Gasteiger charge is -2.04. The summed E-state index contributed by atoms with van der Waals surface area (Å²) in [6, 6.07) is 4.53. The molecule has 0 heteroatoms. The van der Waals surface area contributed by atoms with Gasteiger partial charge in [0.05, 0.1) is 0 Å². The molecule has 70 valence electrons. The van der Waals surface area contributed by atoms with Crippen LogP contribution in [-0.4, -0.2) is 0 Å². The smallest absolute Gasteiger partial charge is 0.0152 e. The fraction of sp³-hybridized carbons (Fsp3) is 0.286. The van der Waals surface area contributed by atoms with Crippen molar-refractivity contribution in [1.82, 2.24) is 0 Å². The third-order valence-corrected chi connectivity index (χ3v) is 3.11. The van der Waals surface area contributed by atoms with Gasteiger partial charge in [-0.25, -0.2) is 0 Å². The molecule has 1 aromatic rings. The molecule has 0 aliphatic heterocycles. The van der Waals surface area contributed by atoms with E-state index in [-0.39, 0.29) is 0 Å². The second kappa shape index (κ2) is 3.13. The highest BCUT2D eigenvalue weighted by molar-refractivity contribution is 5.45. The van der Waals surface area contributed by atoms with E-state index in [1.807, 2.05) is 0 Å². The standard InChI is InChI=1S/C14H14/c1-3-7-13-11(5-1)9-10-12-6-2-4-8-14(12)13/h5-10H,1-4H2. The zero-order valence-corrected chi connectivity index (χ0v) is 8.29. The summed E-state index contributed by atoms with van der Waals surface area (Å²) >= 11 is 0. The van der Waals surface area contributed by atoms with Crippen LogP contribution in [0, 0.1) is 0 Å². The first-order valence-corrected chi connectivity index (χ1v) is 5.45. The Hall–Kier alpha value is -1.30. The van der Waals surface area contributed by atoms with E-state index < -0.39 is 0 Å². The fourth-order valence-corrected chi connectivity index (χ4v) is 2.41. The number of rotatable bonds is 0. The molecule has 0 aromatic heterocycles. The van der Waals surface area contributed by atoms with E-state index in [2.05, 4.69) is 36.4 Å². The largest absolute Gasteiger partial charge is 0.0763 e. The van der Waals surface area contributed by atoms with Gasteiger partial charge in [-0.05, 0) is 46.6 Å². The van der Waals surface area contributed by atoms with Crippen LogP contribution in [0.5, 0.6) is 0 Å². The van der Waals surface area contributed by atoms with E-state index in [1.54, 1.807) is 0 Å². The average Bonchev–Trinajstić information content (AvgIpc) is 2.29. The summed E-state index contributed by atoms with van der Waals surface area (Å²) in [5, 5.41) is 5.82. The molecule has 0 radical (unpaired) electrons. The summed E-state index contributed by atoms with van der Waals surface area (Å²) in [6.45, 7) is 0. The van der Waals surface area contributed by atoms with E-state index in [0.717, 1.165) is 0 Å². The van der Waals surface area contributed by atoms with Crippen LogP contribution < -0.4 is 20.9 Å². The minimum atomic E-state index is 1.20. The third kappa shape index (κ3) is 1.14. The summed E-state index contributed by atoms with van der Waals surface area (Å²) in [5.74, 6) is 0. The Balaban J connectivity index is 2.59. The average molecular weight is 182 g/mol. The predicted molar refractivity (Wildman–Crippen MR) is 61.3 cm³/mol. The molecule has 0 amide bonds. The summed E-state index contributed by atoms with van der Waals surface area (Å²) in [5.41, 5.74) is 0. The van der Waals surface area contributed by atoms with Crippen LogP contribution in [-0.2, 0) is 0 Å². The summed E-state index contributed by atoms with van der Waals surface area (Å²) in [4.78, 5) is 0. The normalized spacial score (nSPS) is 17.7. The van der Waals surface area contributed by atoms with E-state index in [0.29, 0.717) is 0 Å². The molecule has 1 aromatic carbocycles. The van der Waals surface area contributed by atoms with Crippen LogP contribution in [0.4, 0.5) is 0 Å². The lowest BCUT2D eigenvalue weighted by Crippen LogP contribution is -2.49. The van der Waals surface area contributed by atoms with Crippen LogP contribution in [0.3, 0.4) is 0 Å². The molecule has 0 unspecified atom stereocenters. The van der Waals surface area contributed by atoms with Gasteiger partial charge >= 0.3 is 0 Å². The van der Waals surface area contributed by atoms with Gasteiger partial charge in [0.2, 0.25) is 0 Å². The maximum Gasteiger partial charge on any atom is -0.0152 e.